The van der Waals surface area contributed by atoms with Gasteiger partial charge in [-0.2, -0.15) is 0 Å². The number of nitrogens with one attached hydrogen (secondary N) is 1. The van der Waals surface area contributed by atoms with Crippen molar-refractivity contribution < 1.29 is 19.3 Å². The molecular formula is C12H11FN3O3+. The van der Waals surface area contributed by atoms with E-state index in [0.29, 0.717) is 16.0 Å². The highest BCUT2D eigenvalue weighted by molar-refractivity contribution is 5.69. The van der Waals surface area contributed by atoms with E-state index in [9.17, 15) is 19.7 Å². The minimum Gasteiger partial charge on any atom is -0.345 e. The highest BCUT2D eigenvalue weighted by atomic mass is 19.1. The third kappa shape index (κ3) is 2.76. The fraction of sp³-hybridized carbons (Fsp3) is 0.0833. The molecule has 0 bridgehead atoms. The van der Waals surface area contributed by atoms with Gasteiger partial charge in [-0.1, -0.05) is 0 Å². The lowest BCUT2D eigenvalue weighted by atomic mass is 10.2. The number of hydrogen-bond donors (Lipinski definition) is 2. The molecule has 0 aliphatic heterocycles. The van der Waals surface area contributed by atoms with E-state index in [1.54, 1.807) is 6.92 Å². The Kier molecular flexibility index (Phi) is 3.28. The van der Waals surface area contributed by atoms with Crippen molar-refractivity contribution in [3.63, 3.8) is 0 Å². The van der Waals surface area contributed by atoms with Gasteiger partial charge in [-0.05, 0) is 30.7 Å². The van der Waals surface area contributed by atoms with E-state index < -0.39 is 4.92 Å². The van der Waals surface area contributed by atoms with E-state index >= 15 is 0 Å². The number of nitrogens with zero attached hydrogens (tertiary/aromatic N) is 2. The Morgan fingerprint density at radius 2 is 2.11 bits per heavy atom. The maximum Gasteiger partial charge on any atom is 0.305 e. The van der Waals surface area contributed by atoms with Crippen LogP contribution in [0.25, 0.3) is 0 Å². The second-order valence-electron chi connectivity index (χ2n) is 3.97. The molecule has 19 heavy (non-hydrogen) atoms. The Labute approximate surface area is 107 Å². The van der Waals surface area contributed by atoms with Gasteiger partial charge in [-0.15, -0.1) is 0 Å². The molecule has 0 radical (unpaired) electrons. The summed E-state index contributed by atoms with van der Waals surface area (Å²) in [6.07, 6.45) is 2.32. The normalized spacial score (nSPS) is 10.2. The maximum absolute atomic E-state index is 13.0. The van der Waals surface area contributed by atoms with Gasteiger partial charge in [0.1, 0.15) is 5.82 Å². The molecule has 0 aliphatic rings. The van der Waals surface area contributed by atoms with Crippen LogP contribution in [0.4, 0.5) is 21.5 Å². The Morgan fingerprint density at radius 3 is 2.74 bits per heavy atom. The third-order valence-electron chi connectivity index (χ3n) is 2.58. The van der Waals surface area contributed by atoms with Crippen LogP contribution in [-0.2, 0) is 0 Å². The van der Waals surface area contributed by atoms with E-state index in [1.165, 1.54) is 30.5 Å². The van der Waals surface area contributed by atoms with Crippen LogP contribution in [0.1, 0.15) is 5.56 Å². The first-order valence-electron chi connectivity index (χ1n) is 5.39. The molecule has 1 aromatic heterocycles. The number of anilines is 2. The highest BCUT2D eigenvalue weighted by Crippen LogP contribution is 2.27. The van der Waals surface area contributed by atoms with Crippen molar-refractivity contribution in [2.45, 2.75) is 6.92 Å². The second-order valence-corrected chi connectivity index (χ2v) is 3.97. The van der Waals surface area contributed by atoms with Crippen molar-refractivity contribution in [1.82, 2.24) is 0 Å². The second kappa shape index (κ2) is 4.89. The number of rotatable bonds is 3. The van der Waals surface area contributed by atoms with Gasteiger partial charge in [0.15, 0.2) is 5.69 Å². The van der Waals surface area contributed by atoms with Gasteiger partial charge >= 0.3 is 5.69 Å². The van der Waals surface area contributed by atoms with Crippen LogP contribution >= 0.6 is 0 Å². The topological polar surface area (TPSA) is 79.3 Å². The molecule has 98 valence electrons. The van der Waals surface area contributed by atoms with Crippen LogP contribution in [0.5, 0.6) is 0 Å². The summed E-state index contributed by atoms with van der Waals surface area (Å²) in [6.45, 7) is 1.67. The Bertz CT molecular complexity index is 646. The van der Waals surface area contributed by atoms with Crippen LogP contribution in [-0.4, -0.2) is 10.1 Å². The van der Waals surface area contributed by atoms with Gasteiger partial charge in [0.05, 0.1) is 11.0 Å². The maximum atomic E-state index is 13.0. The molecule has 0 unspecified atom stereocenters. The predicted molar refractivity (Wildman–Crippen MR) is 64.9 cm³/mol. The number of hydrogen-bond acceptors (Lipinski definition) is 4. The molecule has 0 spiro atoms. The minimum atomic E-state index is -0.568. The van der Waals surface area contributed by atoms with Crippen molar-refractivity contribution in [1.29, 1.82) is 0 Å². The molecule has 1 heterocycles. The van der Waals surface area contributed by atoms with Crippen LogP contribution < -0.4 is 10.0 Å². The smallest absolute Gasteiger partial charge is 0.305 e. The van der Waals surface area contributed by atoms with Crippen molar-refractivity contribution in [3.8, 4) is 0 Å². The summed E-state index contributed by atoms with van der Waals surface area (Å²) < 4.78 is 13.7. The molecule has 6 nitrogen and oxygen atoms in total. The van der Waals surface area contributed by atoms with Gasteiger partial charge in [-0.25, -0.2) is 4.39 Å². The number of nitro groups is 1. The third-order valence-corrected chi connectivity index (χ3v) is 2.58. The summed E-state index contributed by atoms with van der Waals surface area (Å²) in [7, 11) is 0. The van der Waals surface area contributed by atoms with Gasteiger partial charge in [0.25, 0.3) is 6.20 Å². The Morgan fingerprint density at radius 1 is 1.37 bits per heavy atom. The van der Waals surface area contributed by atoms with Gasteiger partial charge in [0, 0.05) is 10.4 Å². The minimum absolute atomic E-state index is 0.115. The summed E-state index contributed by atoms with van der Waals surface area (Å²) in [5.74, 6) is -0.386. The molecule has 7 heteroatoms. The summed E-state index contributed by atoms with van der Waals surface area (Å²) in [5, 5.41) is 23.0. The summed E-state index contributed by atoms with van der Waals surface area (Å²) >= 11 is 0. The molecular weight excluding hydrogens is 253 g/mol. The van der Waals surface area contributed by atoms with E-state index in [4.69, 9.17) is 0 Å². The zero-order valence-corrected chi connectivity index (χ0v) is 10.0. The first-order valence-corrected chi connectivity index (χ1v) is 5.39. The number of aryl methyl sites for hydroxylation is 1. The first kappa shape index (κ1) is 12.7. The molecule has 0 saturated heterocycles. The highest BCUT2D eigenvalue weighted by Gasteiger charge is 2.19. The van der Waals surface area contributed by atoms with Gasteiger partial charge in [-0.3, -0.25) is 15.3 Å². The first-order chi connectivity index (χ1) is 8.97. The summed E-state index contributed by atoms with van der Waals surface area (Å²) in [4.78, 5) is 10.3. The molecule has 2 rings (SSSR count). The van der Waals surface area contributed by atoms with E-state index in [-0.39, 0.29) is 17.2 Å². The van der Waals surface area contributed by atoms with Crippen molar-refractivity contribution in [3.05, 3.63) is 58.2 Å². The average Bonchev–Trinajstić information content (AvgIpc) is 2.32. The molecule has 0 saturated carbocycles. The monoisotopic (exact) mass is 264 g/mol. The molecule has 0 amide bonds. The quantitative estimate of drug-likeness (QED) is 0.386. The SMILES string of the molecule is Cc1cc(F)ccc1Nc1c[n+](O)ccc1[N+](=O)[O-]. The molecule has 0 aliphatic carbocycles. The van der Waals surface area contributed by atoms with Crippen molar-refractivity contribution in [2.75, 3.05) is 5.32 Å². The predicted octanol–water partition coefficient (Wildman–Crippen LogP) is 2.31. The Hall–Kier alpha value is -2.70. The average molecular weight is 264 g/mol. The standard InChI is InChI=1S/C12H11FN3O3/c1-8-6-9(13)2-3-10(8)14-11-7-15(17)5-4-12(11)16(18)19/h2-7,14,17H,1H3/q+1. The van der Waals surface area contributed by atoms with Gasteiger partial charge < -0.3 is 5.32 Å². The van der Waals surface area contributed by atoms with E-state index in [1.807, 2.05) is 0 Å². The number of halogens is 1. The van der Waals surface area contributed by atoms with Crippen molar-refractivity contribution >= 4 is 17.1 Å². The molecule has 0 atom stereocenters. The Balaban J connectivity index is 2.42. The van der Waals surface area contributed by atoms with Crippen molar-refractivity contribution in [2.24, 2.45) is 0 Å². The number of benzene rings is 1. The lowest BCUT2D eigenvalue weighted by Gasteiger charge is -2.08. The zero-order chi connectivity index (χ0) is 14.0. The van der Waals surface area contributed by atoms with Crippen LogP contribution in [0.15, 0.2) is 36.7 Å². The number of pyridine rings is 1. The summed E-state index contributed by atoms with van der Waals surface area (Å²) in [5.41, 5.74) is 1.05. The lowest BCUT2D eigenvalue weighted by Crippen LogP contribution is -2.29. The fourth-order valence-electron chi connectivity index (χ4n) is 1.65. The van der Waals surface area contributed by atoms with E-state index in [0.717, 1.165) is 6.20 Å². The molecule has 0 fully saturated rings. The van der Waals surface area contributed by atoms with Gasteiger partial charge in [0.2, 0.25) is 6.20 Å². The largest absolute Gasteiger partial charge is 0.345 e. The van der Waals surface area contributed by atoms with Crippen LogP contribution in [0, 0.1) is 22.9 Å². The van der Waals surface area contributed by atoms with Crippen LogP contribution in [0.3, 0.4) is 0 Å². The fourth-order valence-corrected chi connectivity index (χ4v) is 1.65. The zero-order valence-electron chi connectivity index (χ0n) is 10.0. The molecule has 2 aromatic rings. The number of aromatic nitrogens is 1. The van der Waals surface area contributed by atoms with Crippen LogP contribution in [0.2, 0.25) is 0 Å². The lowest BCUT2D eigenvalue weighted by molar-refractivity contribution is -0.904. The molecule has 2 N–H and O–H groups in total. The summed E-state index contributed by atoms with van der Waals surface area (Å²) in [6, 6.07) is 5.20. The molecule has 1 aromatic carbocycles. The van der Waals surface area contributed by atoms with E-state index in [2.05, 4.69) is 5.32 Å².